The summed E-state index contributed by atoms with van der Waals surface area (Å²) in [5.74, 6) is 1.13. The molecule has 34 heavy (non-hydrogen) atoms. The Hall–Kier alpha value is -3.64. The van der Waals surface area contributed by atoms with Crippen molar-refractivity contribution < 1.29 is 19.1 Å². The molecule has 4 rings (SSSR count). The molecule has 176 valence electrons. The van der Waals surface area contributed by atoms with E-state index in [4.69, 9.17) is 9.47 Å². The molecule has 0 saturated carbocycles. The highest BCUT2D eigenvalue weighted by molar-refractivity contribution is 6.08. The molecule has 0 bridgehead atoms. The lowest BCUT2D eigenvalue weighted by Crippen LogP contribution is -2.38. The largest absolute Gasteiger partial charge is 0.496 e. The van der Waals surface area contributed by atoms with E-state index in [1.54, 1.807) is 43.5 Å². The molecule has 6 nitrogen and oxygen atoms in total. The number of methoxy groups -OCH3 is 1. The number of rotatable bonds is 10. The van der Waals surface area contributed by atoms with Crippen LogP contribution in [0.15, 0.2) is 78.9 Å². The number of carbonyl (C=O) groups is 2. The maximum atomic E-state index is 12.5. The molecule has 1 aliphatic rings. The van der Waals surface area contributed by atoms with E-state index in [2.05, 4.69) is 16.3 Å². The van der Waals surface area contributed by atoms with Crippen molar-refractivity contribution in [3.8, 4) is 11.5 Å². The van der Waals surface area contributed by atoms with Crippen LogP contribution in [0.1, 0.15) is 40.4 Å². The lowest BCUT2D eigenvalue weighted by atomic mass is 10.0. The number of likely N-dealkylation sites (tertiary alicyclic amines) is 1. The van der Waals surface area contributed by atoms with Gasteiger partial charge in [0.1, 0.15) is 11.5 Å². The van der Waals surface area contributed by atoms with Crippen LogP contribution in [0.2, 0.25) is 0 Å². The molecular formula is C28H30N2O4. The molecule has 1 fully saturated rings. The van der Waals surface area contributed by atoms with Gasteiger partial charge in [0.2, 0.25) is 0 Å². The third-order valence-corrected chi connectivity index (χ3v) is 6.09. The van der Waals surface area contributed by atoms with Crippen molar-refractivity contribution in [3.63, 3.8) is 0 Å². The fraction of sp³-hybridized carbons (Fsp3) is 0.286. The van der Waals surface area contributed by atoms with Crippen LogP contribution in [-0.2, 0) is 4.79 Å². The van der Waals surface area contributed by atoms with Gasteiger partial charge in [0.05, 0.1) is 13.2 Å². The summed E-state index contributed by atoms with van der Waals surface area (Å²) < 4.78 is 11.2. The Labute approximate surface area is 200 Å². The predicted molar refractivity (Wildman–Crippen MR) is 131 cm³/mol. The number of para-hydroxylation sites is 1. The van der Waals surface area contributed by atoms with Crippen molar-refractivity contribution in [2.75, 3.05) is 33.4 Å². The predicted octanol–water partition coefficient (Wildman–Crippen LogP) is 4.26. The number of hydrogen-bond donors (Lipinski definition) is 1. The maximum absolute atomic E-state index is 12.5. The molecule has 1 aliphatic heterocycles. The number of benzene rings is 3. The third-order valence-electron chi connectivity index (χ3n) is 6.09. The molecule has 0 radical (unpaired) electrons. The molecule has 1 saturated heterocycles. The summed E-state index contributed by atoms with van der Waals surface area (Å²) in [7, 11) is 1.67. The topological polar surface area (TPSA) is 67.9 Å². The van der Waals surface area contributed by atoms with E-state index in [0.717, 1.165) is 37.2 Å². The Balaban J connectivity index is 1.32. The zero-order valence-corrected chi connectivity index (χ0v) is 19.4. The molecule has 0 spiro atoms. The summed E-state index contributed by atoms with van der Waals surface area (Å²) in [4.78, 5) is 27.5. The van der Waals surface area contributed by atoms with Crippen molar-refractivity contribution in [2.45, 2.75) is 18.9 Å². The number of carbonyl (C=O) groups excluding carboxylic acids is 2. The second-order valence-corrected chi connectivity index (χ2v) is 8.31. The van der Waals surface area contributed by atoms with Gasteiger partial charge in [-0.15, -0.1) is 0 Å². The second-order valence-electron chi connectivity index (χ2n) is 8.31. The minimum atomic E-state index is -0.191. The zero-order chi connectivity index (χ0) is 23.8. The van der Waals surface area contributed by atoms with E-state index < -0.39 is 0 Å². The molecule has 0 aliphatic carbocycles. The maximum Gasteiger partial charge on any atom is 0.258 e. The van der Waals surface area contributed by atoms with E-state index >= 15 is 0 Å². The first-order chi connectivity index (χ1) is 16.7. The van der Waals surface area contributed by atoms with Crippen LogP contribution in [0, 0.1) is 0 Å². The monoisotopic (exact) mass is 458 g/mol. The van der Waals surface area contributed by atoms with Gasteiger partial charge in [0.15, 0.2) is 12.4 Å². The zero-order valence-electron chi connectivity index (χ0n) is 19.4. The van der Waals surface area contributed by atoms with Crippen LogP contribution in [0.3, 0.4) is 0 Å². The van der Waals surface area contributed by atoms with Gasteiger partial charge in [0, 0.05) is 23.2 Å². The number of hydrogen-bond acceptors (Lipinski definition) is 5. The van der Waals surface area contributed by atoms with E-state index in [1.165, 1.54) is 0 Å². The van der Waals surface area contributed by atoms with E-state index in [1.807, 2.05) is 36.4 Å². The van der Waals surface area contributed by atoms with Crippen LogP contribution in [0.5, 0.6) is 11.5 Å². The van der Waals surface area contributed by atoms with Gasteiger partial charge in [-0.25, -0.2) is 0 Å². The lowest BCUT2D eigenvalue weighted by molar-refractivity contribution is -0.123. The first-order valence-corrected chi connectivity index (χ1v) is 11.6. The smallest absolute Gasteiger partial charge is 0.258 e. The molecular weight excluding hydrogens is 428 g/mol. The Morgan fingerprint density at radius 2 is 1.53 bits per heavy atom. The molecule has 1 N–H and O–H groups in total. The van der Waals surface area contributed by atoms with Crippen molar-refractivity contribution in [1.82, 2.24) is 10.2 Å². The van der Waals surface area contributed by atoms with Gasteiger partial charge in [-0.3, -0.25) is 14.5 Å². The molecule has 6 heteroatoms. The van der Waals surface area contributed by atoms with E-state index in [-0.39, 0.29) is 24.3 Å². The second kappa shape index (κ2) is 11.5. The van der Waals surface area contributed by atoms with Crippen LogP contribution >= 0.6 is 0 Å². The normalized spacial score (nSPS) is 14.4. The third kappa shape index (κ3) is 5.83. The van der Waals surface area contributed by atoms with Gasteiger partial charge < -0.3 is 14.8 Å². The minimum Gasteiger partial charge on any atom is -0.496 e. The van der Waals surface area contributed by atoms with Crippen LogP contribution in [0.25, 0.3) is 0 Å². The molecule has 1 amide bonds. The van der Waals surface area contributed by atoms with E-state index in [9.17, 15) is 9.59 Å². The fourth-order valence-electron chi connectivity index (χ4n) is 4.30. The fourth-order valence-corrected chi connectivity index (χ4v) is 4.30. The number of nitrogens with one attached hydrogen (secondary N) is 1. The van der Waals surface area contributed by atoms with Crippen molar-refractivity contribution in [1.29, 1.82) is 0 Å². The van der Waals surface area contributed by atoms with Gasteiger partial charge >= 0.3 is 0 Å². The summed E-state index contributed by atoms with van der Waals surface area (Å²) in [5.41, 5.74) is 2.29. The molecule has 1 atom stereocenters. The van der Waals surface area contributed by atoms with Gasteiger partial charge in [-0.2, -0.15) is 0 Å². The standard InChI is InChI=1S/C28H30N2O4/c1-33-26-12-6-5-11-24(26)25(30-17-7-8-18-30)19-29-27(31)20-34-23-15-13-22(14-16-23)28(32)21-9-3-2-4-10-21/h2-6,9-16,25H,7-8,17-20H2,1H3,(H,29,31)/t25-/m1/s1. The number of ketones is 1. The highest BCUT2D eigenvalue weighted by Gasteiger charge is 2.26. The number of amides is 1. The number of nitrogens with zero attached hydrogens (tertiary/aromatic N) is 1. The Morgan fingerprint density at radius 1 is 0.882 bits per heavy atom. The average Bonchev–Trinajstić information content (AvgIpc) is 3.43. The Morgan fingerprint density at radius 3 is 2.24 bits per heavy atom. The summed E-state index contributed by atoms with van der Waals surface area (Å²) in [6, 6.07) is 24.0. The van der Waals surface area contributed by atoms with Gasteiger partial charge in [0.25, 0.3) is 5.91 Å². The van der Waals surface area contributed by atoms with Gasteiger partial charge in [-0.05, 0) is 56.3 Å². The number of ether oxygens (including phenoxy) is 2. The SMILES string of the molecule is COc1ccccc1[C@@H](CNC(=O)COc1ccc(C(=O)c2ccccc2)cc1)N1CCCC1. The summed E-state index contributed by atoms with van der Waals surface area (Å²) >= 11 is 0. The first-order valence-electron chi connectivity index (χ1n) is 11.6. The summed E-state index contributed by atoms with van der Waals surface area (Å²) in [6.45, 7) is 2.39. The average molecular weight is 459 g/mol. The van der Waals surface area contributed by atoms with E-state index in [0.29, 0.717) is 23.4 Å². The molecule has 0 aromatic heterocycles. The van der Waals surface area contributed by atoms with Crippen molar-refractivity contribution >= 4 is 11.7 Å². The quantitative estimate of drug-likeness (QED) is 0.460. The van der Waals surface area contributed by atoms with Crippen molar-refractivity contribution in [3.05, 3.63) is 95.6 Å². The van der Waals surface area contributed by atoms with Crippen LogP contribution in [0.4, 0.5) is 0 Å². The van der Waals surface area contributed by atoms with Gasteiger partial charge in [-0.1, -0.05) is 48.5 Å². The Bertz CT molecular complexity index is 1090. The van der Waals surface area contributed by atoms with Crippen LogP contribution in [-0.4, -0.2) is 49.9 Å². The summed E-state index contributed by atoms with van der Waals surface area (Å²) in [6.07, 6.45) is 2.32. The Kier molecular flexibility index (Phi) is 7.94. The highest BCUT2D eigenvalue weighted by atomic mass is 16.5. The summed E-state index contributed by atoms with van der Waals surface area (Å²) in [5, 5.41) is 3.02. The molecule has 3 aromatic rings. The lowest BCUT2D eigenvalue weighted by Gasteiger charge is -2.29. The molecule has 3 aromatic carbocycles. The minimum absolute atomic E-state index is 0.0470. The van der Waals surface area contributed by atoms with Crippen molar-refractivity contribution in [2.24, 2.45) is 0 Å². The molecule has 0 unspecified atom stereocenters. The van der Waals surface area contributed by atoms with Crippen LogP contribution < -0.4 is 14.8 Å². The highest BCUT2D eigenvalue weighted by Crippen LogP contribution is 2.31. The first kappa shape index (κ1) is 23.5. The molecule has 1 heterocycles.